The van der Waals surface area contributed by atoms with Crippen LogP contribution in [0.25, 0.3) is 32.9 Å². The summed E-state index contributed by atoms with van der Waals surface area (Å²) in [6.45, 7) is 7.99. The van der Waals surface area contributed by atoms with E-state index in [1.54, 1.807) is 18.3 Å². The van der Waals surface area contributed by atoms with Crippen LogP contribution in [0.5, 0.6) is 11.8 Å². The Morgan fingerprint density at radius 2 is 1.79 bits per heavy atom. The largest absolute Gasteiger partial charge is 0.508 e. The van der Waals surface area contributed by atoms with Crippen molar-refractivity contribution in [3.8, 4) is 23.0 Å². The Kier molecular flexibility index (Phi) is 8.78. The van der Waals surface area contributed by atoms with E-state index in [1.165, 1.54) is 37.8 Å². The lowest BCUT2D eigenvalue weighted by Gasteiger charge is -2.58. The van der Waals surface area contributed by atoms with Crippen LogP contribution >= 0.6 is 0 Å². The van der Waals surface area contributed by atoms with Crippen LogP contribution in [0.3, 0.4) is 0 Å². The monoisotopic (exact) mass is 727 g/mol. The summed E-state index contributed by atoms with van der Waals surface area (Å²) in [5.74, 6) is -0.671. The number of aryl methyl sites for hydroxylation is 1. The summed E-state index contributed by atoms with van der Waals surface area (Å²) in [6, 6.07) is 7.13. The number of β-amino-alcohol motifs (C(OH)–C–C–N with tert-alkyl or cyclic N) is 1. The summed E-state index contributed by atoms with van der Waals surface area (Å²) in [6.07, 6.45) is 13.8. The molecule has 2 N–H and O–H groups in total. The molecule has 0 bridgehead atoms. The third-order valence-electron chi connectivity index (χ3n) is 13.6. The fourth-order valence-corrected chi connectivity index (χ4v) is 10.9. The van der Waals surface area contributed by atoms with Gasteiger partial charge in [0.1, 0.15) is 28.6 Å². The lowest BCUT2D eigenvalue weighted by Crippen LogP contribution is -2.61. The van der Waals surface area contributed by atoms with Crippen LogP contribution in [0, 0.1) is 22.5 Å². The second-order valence-electron chi connectivity index (χ2n) is 17.1. The average molecular weight is 728 g/mol. The van der Waals surface area contributed by atoms with E-state index in [2.05, 4.69) is 9.88 Å². The number of likely N-dealkylation sites (tertiary alicyclic amines) is 1. The van der Waals surface area contributed by atoms with Gasteiger partial charge >= 0.3 is 6.01 Å². The molecule has 3 atom stereocenters. The average Bonchev–Trinajstić information content (AvgIpc) is 3.57. The highest BCUT2D eigenvalue weighted by molar-refractivity contribution is 6.01. The Balaban J connectivity index is 1.09. The maximum absolute atomic E-state index is 17.1. The van der Waals surface area contributed by atoms with Gasteiger partial charge in [-0.1, -0.05) is 19.4 Å². The zero-order chi connectivity index (χ0) is 36.5. The number of aromatic hydroxyl groups is 1. The second kappa shape index (κ2) is 13.3. The molecule has 0 amide bonds. The Bertz CT molecular complexity index is 2050. The Morgan fingerprint density at radius 1 is 1.00 bits per heavy atom. The smallest absolute Gasteiger partial charge is 0.319 e. The number of ether oxygens (including phenoxy) is 2. The summed E-state index contributed by atoms with van der Waals surface area (Å²) in [4.78, 5) is 19.1. The van der Waals surface area contributed by atoms with Crippen molar-refractivity contribution in [3.63, 3.8) is 0 Å². The minimum Gasteiger partial charge on any atom is -0.508 e. The van der Waals surface area contributed by atoms with Crippen molar-refractivity contribution in [2.75, 3.05) is 44.4 Å². The molecule has 9 nitrogen and oxygen atoms in total. The number of nitrogens with zero attached hydrogens (tertiary/aromatic N) is 5. The number of rotatable bonds is 7. The fourth-order valence-electron chi connectivity index (χ4n) is 10.9. The molecule has 3 aliphatic heterocycles. The highest BCUT2D eigenvalue weighted by Gasteiger charge is 2.55. The minimum atomic E-state index is -0.935. The van der Waals surface area contributed by atoms with E-state index in [1.807, 2.05) is 18.7 Å². The van der Waals surface area contributed by atoms with Crippen LogP contribution < -0.4 is 9.64 Å². The van der Waals surface area contributed by atoms with Gasteiger partial charge in [-0.25, -0.2) is 8.78 Å². The van der Waals surface area contributed by atoms with E-state index >= 15 is 8.78 Å². The van der Waals surface area contributed by atoms with E-state index in [0.29, 0.717) is 83.1 Å². The number of anilines is 1. The molecule has 4 aromatic rings. The topological polar surface area (TPSA) is 104 Å². The van der Waals surface area contributed by atoms with Gasteiger partial charge in [-0.3, -0.25) is 9.88 Å². The molecule has 53 heavy (non-hydrogen) atoms. The van der Waals surface area contributed by atoms with Crippen molar-refractivity contribution in [1.82, 2.24) is 19.9 Å². The third-order valence-corrected chi connectivity index (χ3v) is 13.6. The number of fused-ring (bicyclic) bond motifs is 3. The molecule has 0 unspecified atom stereocenters. The molecule has 282 valence electrons. The number of hydrogen-bond acceptors (Lipinski definition) is 9. The maximum Gasteiger partial charge on any atom is 0.319 e. The molecule has 5 fully saturated rings. The zero-order valence-corrected chi connectivity index (χ0v) is 31.0. The standard InChI is InChI=1S/C42H51F2N5O4/c1-3-29-32(43)9-8-26-19-28(50)20-30(34(26)29)36-35(44)37-31(23-45-36)38(48-15-5-10-40(2,51)24-48)47-39(46-37)53-25-42-11-4-7-33(42)49(16-6-12-42)27-21-41(22-27)13-17-52-18-14-41/h8-9,19-20,23,27,33,50-51H,3-7,10-18,21-22,24-25H2,1-2H3/t33-,40-,42-/m1/s1. The number of phenols is 1. The number of phenolic OH excluding ortho intramolecular Hbond substituents is 1. The number of benzene rings is 2. The summed E-state index contributed by atoms with van der Waals surface area (Å²) in [5, 5.41) is 23.3. The van der Waals surface area contributed by atoms with Crippen molar-refractivity contribution in [1.29, 1.82) is 0 Å². The number of hydrogen-bond donors (Lipinski definition) is 2. The first-order valence-electron chi connectivity index (χ1n) is 19.8. The molecule has 5 heterocycles. The number of pyridine rings is 1. The van der Waals surface area contributed by atoms with Gasteiger partial charge in [0.2, 0.25) is 0 Å². The van der Waals surface area contributed by atoms with E-state index in [9.17, 15) is 10.2 Å². The molecule has 11 heteroatoms. The quantitative estimate of drug-likeness (QED) is 0.198. The van der Waals surface area contributed by atoms with Crippen LogP contribution in [-0.4, -0.2) is 87.2 Å². The predicted molar refractivity (Wildman–Crippen MR) is 200 cm³/mol. The predicted octanol–water partition coefficient (Wildman–Crippen LogP) is 7.72. The first-order chi connectivity index (χ1) is 25.6. The third kappa shape index (κ3) is 6.11. The summed E-state index contributed by atoms with van der Waals surface area (Å²) >= 11 is 0. The summed E-state index contributed by atoms with van der Waals surface area (Å²) in [5.41, 5.74) is 0.254. The molecule has 2 aromatic heterocycles. The fraction of sp³-hybridized carbons (Fsp3) is 0.595. The van der Waals surface area contributed by atoms with E-state index in [0.717, 1.165) is 58.3 Å². The van der Waals surface area contributed by atoms with Crippen LogP contribution in [-0.2, 0) is 11.2 Å². The summed E-state index contributed by atoms with van der Waals surface area (Å²) < 4.78 is 44.5. The van der Waals surface area contributed by atoms with Crippen LogP contribution in [0.15, 0.2) is 30.5 Å². The molecule has 2 aromatic carbocycles. The molecule has 9 rings (SSSR count). The Labute approximate surface area is 309 Å². The SMILES string of the molecule is CCc1c(F)ccc2cc(O)cc(-c3ncc4c(N5CCC[C@@](C)(O)C5)nc(OC[C@]56CCC[C@H]5N(C5CC7(CCOCC7)C5)CCC6)nc4c3F)c12. The van der Waals surface area contributed by atoms with Crippen LogP contribution in [0.1, 0.15) is 90.0 Å². The lowest BCUT2D eigenvalue weighted by atomic mass is 9.60. The first kappa shape index (κ1) is 35.1. The molecule has 1 spiro atoms. The maximum atomic E-state index is 17.1. The van der Waals surface area contributed by atoms with E-state index in [4.69, 9.17) is 19.4 Å². The van der Waals surface area contributed by atoms with Crippen molar-refractivity contribution >= 4 is 27.5 Å². The number of aliphatic hydroxyl groups is 1. The van der Waals surface area contributed by atoms with Crippen molar-refractivity contribution < 1.29 is 28.5 Å². The highest BCUT2D eigenvalue weighted by atomic mass is 19.1. The van der Waals surface area contributed by atoms with Gasteiger partial charge in [-0.15, -0.1) is 0 Å². The summed E-state index contributed by atoms with van der Waals surface area (Å²) in [7, 11) is 0. The lowest BCUT2D eigenvalue weighted by molar-refractivity contribution is -0.112. The van der Waals surface area contributed by atoms with Crippen molar-refractivity contribution in [2.45, 2.75) is 109 Å². The Hall–Kier alpha value is -3.67. The van der Waals surface area contributed by atoms with Gasteiger partial charge in [-0.05, 0) is 124 Å². The molecule has 2 aliphatic carbocycles. The second-order valence-corrected chi connectivity index (χ2v) is 17.1. The number of piperidine rings is 2. The molecule has 0 radical (unpaired) electrons. The Morgan fingerprint density at radius 3 is 2.58 bits per heavy atom. The molecular formula is C42H51F2N5O4. The van der Waals surface area contributed by atoms with Gasteiger partial charge in [-0.2, -0.15) is 9.97 Å². The number of halogens is 2. The van der Waals surface area contributed by atoms with Gasteiger partial charge in [0.25, 0.3) is 0 Å². The van der Waals surface area contributed by atoms with Crippen molar-refractivity contribution in [2.24, 2.45) is 10.8 Å². The van der Waals surface area contributed by atoms with Gasteiger partial charge in [0.15, 0.2) is 5.82 Å². The van der Waals surface area contributed by atoms with Crippen LogP contribution in [0.2, 0.25) is 0 Å². The van der Waals surface area contributed by atoms with Crippen molar-refractivity contribution in [3.05, 3.63) is 47.7 Å². The molecule has 5 aliphatic rings. The minimum absolute atomic E-state index is 0.0208. The van der Waals surface area contributed by atoms with Gasteiger partial charge < -0.3 is 24.6 Å². The van der Waals surface area contributed by atoms with Gasteiger partial charge in [0, 0.05) is 55.6 Å². The van der Waals surface area contributed by atoms with Crippen LogP contribution in [0.4, 0.5) is 14.6 Å². The first-order valence-corrected chi connectivity index (χ1v) is 19.8. The molecule has 2 saturated carbocycles. The molecule has 3 saturated heterocycles. The van der Waals surface area contributed by atoms with E-state index in [-0.39, 0.29) is 28.4 Å². The highest BCUT2D eigenvalue weighted by Crippen LogP contribution is 2.56. The zero-order valence-electron chi connectivity index (χ0n) is 31.0. The normalized spacial score (nSPS) is 27.7. The molecular weight excluding hydrogens is 676 g/mol. The number of aromatic nitrogens is 3. The van der Waals surface area contributed by atoms with Gasteiger partial charge in [0.05, 0.1) is 17.6 Å². The van der Waals surface area contributed by atoms with E-state index < -0.39 is 17.2 Å².